The molecular weight excluding hydrogens is 312 g/mol. The van der Waals surface area contributed by atoms with Crippen LogP contribution in [0.25, 0.3) is 0 Å². The normalized spacial score (nSPS) is 15.6. The van der Waals surface area contributed by atoms with E-state index >= 15 is 0 Å². The summed E-state index contributed by atoms with van der Waals surface area (Å²) in [5.74, 6) is 0. The molecule has 2 N–H and O–H groups in total. The molecule has 1 fully saturated rings. The second-order valence-corrected chi connectivity index (χ2v) is 6.55. The number of aryl methyl sites for hydroxylation is 1. The zero-order chi connectivity index (χ0) is 16.1. The first-order valence-electron chi connectivity index (χ1n) is 7.88. The monoisotopic (exact) mass is 334 g/mol. The van der Waals surface area contributed by atoms with Gasteiger partial charge in [0.25, 0.3) is 0 Å². The molecule has 8 heteroatoms. The van der Waals surface area contributed by atoms with E-state index in [1.807, 2.05) is 29.4 Å². The first-order valence-corrected chi connectivity index (χ1v) is 8.76. The van der Waals surface area contributed by atoms with Crippen LogP contribution in [0.4, 0.5) is 9.93 Å². The molecule has 3 rings (SSSR count). The lowest BCUT2D eigenvalue weighted by molar-refractivity contribution is 0.234. The van der Waals surface area contributed by atoms with E-state index in [9.17, 15) is 4.79 Å². The third kappa shape index (κ3) is 4.22. The number of aromatic nitrogens is 3. The fourth-order valence-electron chi connectivity index (χ4n) is 2.77. The zero-order valence-corrected chi connectivity index (χ0v) is 14.1. The van der Waals surface area contributed by atoms with Crippen LogP contribution < -0.4 is 15.5 Å². The van der Waals surface area contributed by atoms with Gasteiger partial charge in [0.15, 0.2) is 5.13 Å². The van der Waals surface area contributed by atoms with E-state index in [1.54, 1.807) is 17.5 Å². The van der Waals surface area contributed by atoms with Gasteiger partial charge >= 0.3 is 6.03 Å². The number of hydrogen-bond donors (Lipinski definition) is 2. The average Bonchev–Trinajstić information content (AvgIpc) is 3.20. The Labute approximate surface area is 139 Å². The van der Waals surface area contributed by atoms with Gasteiger partial charge in [-0.2, -0.15) is 5.10 Å². The van der Waals surface area contributed by atoms with E-state index in [4.69, 9.17) is 0 Å². The quantitative estimate of drug-likeness (QED) is 0.866. The molecule has 2 amide bonds. The molecule has 7 nitrogen and oxygen atoms in total. The van der Waals surface area contributed by atoms with Crippen LogP contribution in [0.1, 0.15) is 18.5 Å². The van der Waals surface area contributed by atoms with Crippen molar-refractivity contribution in [1.29, 1.82) is 0 Å². The minimum absolute atomic E-state index is 0.0835. The molecule has 0 aliphatic carbocycles. The van der Waals surface area contributed by atoms with Gasteiger partial charge in [0.05, 0.1) is 0 Å². The lowest BCUT2D eigenvalue weighted by atomic mass is 10.1. The Morgan fingerprint density at radius 1 is 1.39 bits per heavy atom. The van der Waals surface area contributed by atoms with Gasteiger partial charge in [-0.1, -0.05) is 0 Å². The lowest BCUT2D eigenvalue weighted by Gasteiger charge is -2.32. The number of thiazole rings is 1. The lowest BCUT2D eigenvalue weighted by Crippen LogP contribution is -2.48. The molecule has 1 aliphatic rings. The number of urea groups is 1. The summed E-state index contributed by atoms with van der Waals surface area (Å²) in [6, 6.07) is 2.12. The van der Waals surface area contributed by atoms with Crippen LogP contribution in [0, 0.1) is 0 Å². The van der Waals surface area contributed by atoms with Gasteiger partial charge in [-0.15, -0.1) is 11.3 Å². The summed E-state index contributed by atoms with van der Waals surface area (Å²) >= 11 is 1.66. The first-order chi connectivity index (χ1) is 11.2. The SMILES string of the molecule is Cn1nccc1CCNC(=O)NC1CCN(c2nccs2)CC1. The van der Waals surface area contributed by atoms with Gasteiger partial charge < -0.3 is 15.5 Å². The molecule has 0 radical (unpaired) electrons. The van der Waals surface area contributed by atoms with E-state index in [0.717, 1.165) is 43.2 Å². The molecule has 0 bridgehead atoms. The number of amides is 2. The smallest absolute Gasteiger partial charge is 0.315 e. The van der Waals surface area contributed by atoms with Gasteiger partial charge in [-0.05, 0) is 18.9 Å². The molecule has 3 heterocycles. The van der Waals surface area contributed by atoms with Gasteiger partial charge in [0, 0.05) is 62.6 Å². The molecule has 2 aromatic heterocycles. The van der Waals surface area contributed by atoms with Crippen molar-refractivity contribution in [2.45, 2.75) is 25.3 Å². The Morgan fingerprint density at radius 3 is 2.87 bits per heavy atom. The summed E-state index contributed by atoms with van der Waals surface area (Å²) in [4.78, 5) is 18.6. The minimum atomic E-state index is -0.0835. The number of hydrogen-bond acceptors (Lipinski definition) is 5. The van der Waals surface area contributed by atoms with E-state index < -0.39 is 0 Å². The summed E-state index contributed by atoms with van der Waals surface area (Å²) in [7, 11) is 1.91. The topological polar surface area (TPSA) is 75.1 Å². The van der Waals surface area contributed by atoms with Crippen molar-refractivity contribution in [3.8, 4) is 0 Å². The molecule has 0 aromatic carbocycles. The summed E-state index contributed by atoms with van der Waals surface area (Å²) in [5, 5.41) is 13.2. The molecule has 0 unspecified atom stereocenters. The molecule has 23 heavy (non-hydrogen) atoms. The first kappa shape index (κ1) is 15.8. The Hall–Kier alpha value is -2.09. The van der Waals surface area contributed by atoms with Crippen LogP contribution >= 0.6 is 11.3 Å². The van der Waals surface area contributed by atoms with E-state index in [0.29, 0.717) is 6.54 Å². The predicted octanol–water partition coefficient (Wildman–Crippen LogP) is 1.39. The number of nitrogens with zero attached hydrogens (tertiary/aromatic N) is 4. The van der Waals surface area contributed by atoms with Gasteiger partial charge in [-0.25, -0.2) is 9.78 Å². The van der Waals surface area contributed by atoms with Crippen LogP contribution in [-0.2, 0) is 13.5 Å². The van der Waals surface area contributed by atoms with Crippen LogP contribution in [0.3, 0.4) is 0 Å². The molecule has 0 spiro atoms. The molecule has 0 saturated carbocycles. The number of anilines is 1. The Morgan fingerprint density at radius 2 is 2.22 bits per heavy atom. The van der Waals surface area contributed by atoms with Crippen molar-refractivity contribution in [3.05, 3.63) is 29.5 Å². The maximum absolute atomic E-state index is 12.0. The van der Waals surface area contributed by atoms with E-state index in [-0.39, 0.29) is 12.1 Å². The molecular formula is C15H22N6OS. The van der Waals surface area contributed by atoms with Gasteiger partial charge in [0.1, 0.15) is 0 Å². The van der Waals surface area contributed by atoms with Crippen molar-refractivity contribution < 1.29 is 4.79 Å². The standard InChI is InChI=1S/C15H22N6OS/c1-20-13(3-7-18-20)2-6-16-14(22)19-12-4-9-21(10-5-12)15-17-8-11-23-15/h3,7-8,11-12H,2,4-6,9-10H2,1H3,(H2,16,19,22). The highest BCUT2D eigenvalue weighted by Gasteiger charge is 2.21. The van der Waals surface area contributed by atoms with Crippen LogP contribution in [0.15, 0.2) is 23.8 Å². The maximum Gasteiger partial charge on any atom is 0.315 e. The molecule has 0 atom stereocenters. The minimum Gasteiger partial charge on any atom is -0.348 e. The highest BCUT2D eigenvalue weighted by Crippen LogP contribution is 2.21. The van der Waals surface area contributed by atoms with Crippen molar-refractivity contribution >= 4 is 22.5 Å². The number of carbonyl (C=O) groups excluding carboxylic acids is 1. The summed E-state index contributed by atoms with van der Waals surface area (Å²) < 4.78 is 1.83. The van der Waals surface area contributed by atoms with Crippen molar-refractivity contribution in [1.82, 2.24) is 25.4 Å². The number of carbonyl (C=O) groups is 1. The van der Waals surface area contributed by atoms with Gasteiger partial charge in [-0.3, -0.25) is 4.68 Å². The van der Waals surface area contributed by atoms with Crippen molar-refractivity contribution in [2.24, 2.45) is 7.05 Å². The van der Waals surface area contributed by atoms with Crippen LogP contribution in [-0.4, -0.2) is 46.5 Å². The molecule has 124 valence electrons. The number of rotatable bonds is 5. The fourth-order valence-corrected chi connectivity index (χ4v) is 3.47. The summed E-state index contributed by atoms with van der Waals surface area (Å²) in [6.45, 7) is 2.49. The second-order valence-electron chi connectivity index (χ2n) is 5.67. The Bertz CT molecular complexity index is 618. The third-order valence-corrected chi connectivity index (χ3v) is 4.94. The molecule has 2 aromatic rings. The van der Waals surface area contributed by atoms with Crippen molar-refractivity contribution in [3.63, 3.8) is 0 Å². The van der Waals surface area contributed by atoms with Crippen LogP contribution in [0.5, 0.6) is 0 Å². The molecule has 1 aliphatic heterocycles. The van der Waals surface area contributed by atoms with Crippen LogP contribution in [0.2, 0.25) is 0 Å². The maximum atomic E-state index is 12.0. The highest BCUT2D eigenvalue weighted by molar-refractivity contribution is 7.13. The third-order valence-electron chi connectivity index (χ3n) is 4.11. The van der Waals surface area contributed by atoms with Gasteiger partial charge in [0.2, 0.25) is 0 Å². The Balaban J connectivity index is 1.35. The largest absolute Gasteiger partial charge is 0.348 e. The zero-order valence-electron chi connectivity index (χ0n) is 13.2. The average molecular weight is 334 g/mol. The van der Waals surface area contributed by atoms with E-state index in [2.05, 4.69) is 25.6 Å². The highest BCUT2D eigenvalue weighted by atomic mass is 32.1. The Kier molecular flexibility index (Phi) is 5.12. The molecule has 1 saturated heterocycles. The van der Waals surface area contributed by atoms with Crippen molar-refractivity contribution in [2.75, 3.05) is 24.5 Å². The summed E-state index contributed by atoms with van der Waals surface area (Å²) in [5.41, 5.74) is 1.11. The van der Waals surface area contributed by atoms with E-state index in [1.165, 1.54) is 0 Å². The summed E-state index contributed by atoms with van der Waals surface area (Å²) in [6.07, 6.45) is 6.29. The second kappa shape index (κ2) is 7.45. The predicted molar refractivity (Wildman–Crippen MR) is 90.8 cm³/mol. The fraction of sp³-hybridized carbons (Fsp3) is 0.533. The number of piperidine rings is 1. The number of nitrogens with one attached hydrogen (secondary N) is 2.